The van der Waals surface area contributed by atoms with Gasteiger partial charge in [0.15, 0.2) is 0 Å². The van der Waals surface area contributed by atoms with Crippen LogP contribution in [0, 0.1) is 13.8 Å². The summed E-state index contributed by atoms with van der Waals surface area (Å²) < 4.78 is 31.6. The van der Waals surface area contributed by atoms with Crippen molar-refractivity contribution in [1.82, 2.24) is 4.98 Å². The Morgan fingerprint density at radius 3 is 1.62 bits per heavy atom. The van der Waals surface area contributed by atoms with Crippen LogP contribution in [0.1, 0.15) is 11.1 Å². The van der Waals surface area contributed by atoms with Crippen LogP contribution in [0.2, 0.25) is 0 Å². The molecule has 0 saturated heterocycles. The third-order valence-electron chi connectivity index (χ3n) is 1.01. The molecule has 0 radical (unpaired) electrons. The third kappa shape index (κ3) is 11.0. The molecule has 0 bridgehead atoms. The predicted octanol–water partition coefficient (Wildman–Crippen LogP) is 1.05. The van der Waals surface area contributed by atoms with Crippen LogP contribution in [0.4, 0.5) is 0 Å². The maximum Gasteiger partial charge on any atom is 0.394 e. The van der Waals surface area contributed by atoms with Crippen molar-refractivity contribution in [3.8, 4) is 0 Å². The number of rotatable bonds is 0. The number of hydrogen-bond donors (Lipinski definition) is 2. The second-order valence-corrected chi connectivity index (χ2v) is 3.38. The maximum atomic E-state index is 8.74. The normalized spacial score (nSPS) is 10.2. The van der Waals surface area contributed by atoms with Gasteiger partial charge in [-0.1, -0.05) is 6.07 Å². The minimum absolute atomic E-state index is 1.23. The highest BCUT2D eigenvalue weighted by Crippen LogP contribution is 1.96. The van der Waals surface area contributed by atoms with Crippen molar-refractivity contribution in [2.45, 2.75) is 13.8 Å². The number of aromatic nitrogens is 1. The van der Waals surface area contributed by atoms with Gasteiger partial charge < -0.3 is 0 Å². The van der Waals surface area contributed by atoms with Crippen LogP contribution in [-0.2, 0) is 10.4 Å². The van der Waals surface area contributed by atoms with Gasteiger partial charge in [0.2, 0.25) is 0 Å². The van der Waals surface area contributed by atoms with E-state index in [-0.39, 0.29) is 0 Å². The van der Waals surface area contributed by atoms with Gasteiger partial charge in [-0.25, -0.2) is 0 Å². The molecule has 0 unspecified atom stereocenters. The zero-order chi connectivity index (χ0) is 10.5. The summed E-state index contributed by atoms with van der Waals surface area (Å²) in [6.07, 6.45) is 3.71. The minimum atomic E-state index is -4.67. The van der Waals surface area contributed by atoms with Crippen molar-refractivity contribution in [3.63, 3.8) is 0 Å². The van der Waals surface area contributed by atoms with E-state index < -0.39 is 10.4 Å². The molecule has 0 aromatic carbocycles. The first-order chi connectivity index (χ1) is 5.79. The second kappa shape index (κ2) is 4.90. The highest BCUT2D eigenvalue weighted by molar-refractivity contribution is 7.79. The van der Waals surface area contributed by atoms with Crippen LogP contribution in [-0.4, -0.2) is 22.5 Å². The fraction of sp³-hybridized carbons (Fsp3) is 0.286. The van der Waals surface area contributed by atoms with Gasteiger partial charge >= 0.3 is 10.4 Å². The zero-order valence-electron chi connectivity index (χ0n) is 7.30. The van der Waals surface area contributed by atoms with Crippen LogP contribution in [0.25, 0.3) is 0 Å². The van der Waals surface area contributed by atoms with Gasteiger partial charge in [0.1, 0.15) is 0 Å². The van der Waals surface area contributed by atoms with E-state index >= 15 is 0 Å². The Kier molecular flexibility index (Phi) is 4.53. The van der Waals surface area contributed by atoms with Gasteiger partial charge in [0, 0.05) is 12.4 Å². The molecule has 0 spiro atoms. The van der Waals surface area contributed by atoms with Gasteiger partial charge in [0.25, 0.3) is 0 Å². The SMILES string of the molecule is Cc1cncc(C)c1.O=S(=O)(O)O. The third-order valence-corrected chi connectivity index (χ3v) is 1.01. The van der Waals surface area contributed by atoms with Gasteiger partial charge in [-0.3, -0.25) is 14.1 Å². The summed E-state index contributed by atoms with van der Waals surface area (Å²) in [6, 6.07) is 2.10. The summed E-state index contributed by atoms with van der Waals surface area (Å²) in [5, 5.41) is 0. The molecule has 2 N–H and O–H groups in total. The smallest absolute Gasteiger partial charge is 0.264 e. The van der Waals surface area contributed by atoms with E-state index in [0.717, 1.165) is 0 Å². The van der Waals surface area contributed by atoms with Gasteiger partial charge in [-0.15, -0.1) is 0 Å². The summed E-state index contributed by atoms with van der Waals surface area (Å²) in [7, 11) is -4.67. The number of nitrogens with zero attached hydrogens (tertiary/aromatic N) is 1. The monoisotopic (exact) mass is 205 g/mol. The van der Waals surface area contributed by atoms with Crippen LogP contribution in [0.15, 0.2) is 18.5 Å². The Hall–Kier alpha value is -0.980. The minimum Gasteiger partial charge on any atom is -0.264 e. The molecule has 0 aliphatic carbocycles. The number of aryl methyl sites for hydroxylation is 2. The van der Waals surface area contributed by atoms with Crippen molar-refractivity contribution in [2.75, 3.05) is 0 Å². The fourth-order valence-corrected chi connectivity index (χ4v) is 0.706. The lowest BCUT2D eigenvalue weighted by Gasteiger charge is -1.89. The molecule has 0 saturated carbocycles. The zero-order valence-corrected chi connectivity index (χ0v) is 8.11. The molecule has 74 valence electrons. The number of pyridine rings is 1. The quantitative estimate of drug-likeness (QED) is 0.618. The van der Waals surface area contributed by atoms with Crippen LogP contribution >= 0.6 is 0 Å². The van der Waals surface area contributed by atoms with Gasteiger partial charge in [0.05, 0.1) is 0 Å². The van der Waals surface area contributed by atoms with Gasteiger partial charge in [-0.05, 0) is 25.0 Å². The molecule has 0 amide bonds. The lowest BCUT2D eigenvalue weighted by atomic mass is 10.2. The van der Waals surface area contributed by atoms with Gasteiger partial charge in [-0.2, -0.15) is 8.42 Å². The molecule has 6 heteroatoms. The van der Waals surface area contributed by atoms with Crippen molar-refractivity contribution < 1.29 is 17.5 Å². The molecule has 0 atom stereocenters. The Labute approximate surface area is 77.0 Å². The summed E-state index contributed by atoms with van der Waals surface area (Å²) in [5.41, 5.74) is 2.45. The van der Waals surface area contributed by atoms with Crippen LogP contribution in [0.3, 0.4) is 0 Å². The van der Waals surface area contributed by atoms with E-state index in [0.29, 0.717) is 0 Å². The first kappa shape index (κ1) is 12.0. The lowest BCUT2D eigenvalue weighted by Crippen LogP contribution is -1.89. The van der Waals surface area contributed by atoms with E-state index in [4.69, 9.17) is 17.5 Å². The predicted molar refractivity (Wildman–Crippen MR) is 47.9 cm³/mol. The first-order valence-electron chi connectivity index (χ1n) is 3.37. The van der Waals surface area contributed by atoms with Crippen LogP contribution < -0.4 is 0 Å². The molecule has 1 heterocycles. The second-order valence-electron chi connectivity index (χ2n) is 2.49. The summed E-state index contributed by atoms with van der Waals surface area (Å²) >= 11 is 0. The topological polar surface area (TPSA) is 87.5 Å². The average Bonchev–Trinajstić information content (AvgIpc) is 1.81. The van der Waals surface area contributed by atoms with Crippen molar-refractivity contribution in [1.29, 1.82) is 0 Å². The first-order valence-corrected chi connectivity index (χ1v) is 4.77. The molecule has 0 aliphatic heterocycles. The van der Waals surface area contributed by atoms with Crippen molar-refractivity contribution >= 4 is 10.4 Å². The average molecular weight is 205 g/mol. The Morgan fingerprint density at radius 1 is 1.15 bits per heavy atom. The fourth-order valence-electron chi connectivity index (χ4n) is 0.706. The molecule has 0 aliphatic rings. The van der Waals surface area contributed by atoms with E-state index in [1.165, 1.54) is 11.1 Å². The lowest BCUT2D eigenvalue weighted by molar-refractivity contribution is 0.381. The van der Waals surface area contributed by atoms with E-state index in [1.807, 2.05) is 26.2 Å². The molecule has 0 fully saturated rings. The van der Waals surface area contributed by atoms with E-state index in [2.05, 4.69) is 11.1 Å². The highest BCUT2D eigenvalue weighted by Gasteiger charge is 1.84. The standard InChI is InChI=1S/C7H9N.H2O4S/c1-6-3-7(2)5-8-4-6;1-5(2,3)4/h3-5H,1-2H3;(H2,1,2,3,4). The Morgan fingerprint density at radius 2 is 1.46 bits per heavy atom. The molecular weight excluding hydrogens is 194 g/mol. The van der Waals surface area contributed by atoms with E-state index in [9.17, 15) is 0 Å². The van der Waals surface area contributed by atoms with Crippen molar-refractivity contribution in [2.24, 2.45) is 0 Å². The molecule has 1 aromatic rings. The highest BCUT2D eigenvalue weighted by atomic mass is 32.3. The summed E-state index contributed by atoms with van der Waals surface area (Å²) in [4.78, 5) is 3.98. The number of hydrogen-bond acceptors (Lipinski definition) is 3. The Bertz CT molecular complexity index is 335. The molecule has 5 nitrogen and oxygen atoms in total. The summed E-state index contributed by atoms with van der Waals surface area (Å²) in [5.74, 6) is 0. The summed E-state index contributed by atoms with van der Waals surface area (Å²) in [6.45, 7) is 4.08. The molecular formula is C7H11NO4S. The molecule has 1 rings (SSSR count). The molecule has 1 aromatic heterocycles. The maximum absolute atomic E-state index is 8.74. The Balaban J connectivity index is 0.000000252. The largest absolute Gasteiger partial charge is 0.394 e. The molecule has 13 heavy (non-hydrogen) atoms. The van der Waals surface area contributed by atoms with Crippen LogP contribution in [0.5, 0.6) is 0 Å². The van der Waals surface area contributed by atoms with Crippen molar-refractivity contribution in [3.05, 3.63) is 29.6 Å². The van der Waals surface area contributed by atoms with E-state index in [1.54, 1.807) is 0 Å².